The van der Waals surface area contributed by atoms with Crippen molar-refractivity contribution in [1.82, 2.24) is 20.0 Å². The number of nitrogens with zero attached hydrogens (tertiary/aromatic N) is 4. The van der Waals surface area contributed by atoms with Crippen molar-refractivity contribution < 1.29 is 4.42 Å². The Morgan fingerprint density at radius 2 is 2.13 bits per heavy atom. The summed E-state index contributed by atoms with van der Waals surface area (Å²) < 4.78 is 7.04. The molecule has 2 aromatic rings. The number of halogens is 1. The largest absolute Gasteiger partial charge is 0.423 e. The highest BCUT2D eigenvalue weighted by atomic mass is 35.5. The Labute approximate surface area is 92.1 Å². The summed E-state index contributed by atoms with van der Waals surface area (Å²) in [4.78, 5) is 0. The normalized spacial score (nSPS) is 13.1. The maximum atomic E-state index is 5.92. The van der Waals surface area contributed by atoms with E-state index in [4.69, 9.17) is 16.0 Å². The van der Waals surface area contributed by atoms with Gasteiger partial charge in [-0.2, -0.15) is 5.10 Å². The second-order valence-electron chi connectivity index (χ2n) is 3.38. The zero-order chi connectivity index (χ0) is 11.0. The Bertz CT molecular complexity index is 457. The van der Waals surface area contributed by atoms with Crippen molar-refractivity contribution >= 4 is 11.6 Å². The molecule has 0 bridgehead atoms. The molecule has 80 valence electrons. The van der Waals surface area contributed by atoms with Crippen molar-refractivity contribution in [3.8, 4) is 0 Å². The summed E-state index contributed by atoms with van der Waals surface area (Å²) in [7, 11) is 0. The molecule has 0 N–H and O–H groups in total. The van der Waals surface area contributed by atoms with Crippen molar-refractivity contribution in [1.29, 1.82) is 0 Å². The van der Waals surface area contributed by atoms with Crippen molar-refractivity contribution in [3.05, 3.63) is 28.7 Å². The third-order valence-corrected chi connectivity index (χ3v) is 2.52. The van der Waals surface area contributed by atoms with Gasteiger partial charge >= 0.3 is 0 Å². The van der Waals surface area contributed by atoms with E-state index in [9.17, 15) is 0 Å². The van der Waals surface area contributed by atoms with Gasteiger partial charge in [-0.15, -0.1) is 10.2 Å². The lowest BCUT2D eigenvalue weighted by Crippen LogP contribution is -2.07. The molecule has 6 heteroatoms. The van der Waals surface area contributed by atoms with E-state index in [1.165, 1.54) is 0 Å². The van der Waals surface area contributed by atoms with E-state index in [2.05, 4.69) is 15.3 Å². The summed E-state index contributed by atoms with van der Waals surface area (Å²) in [5.74, 6) is 1.08. The molecule has 0 radical (unpaired) electrons. The Morgan fingerprint density at radius 1 is 1.40 bits per heavy atom. The first-order chi connectivity index (χ1) is 7.08. The maximum absolute atomic E-state index is 5.92. The van der Waals surface area contributed by atoms with Crippen molar-refractivity contribution in [2.75, 3.05) is 0 Å². The lowest BCUT2D eigenvalue weighted by molar-refractivity contribution is 0.396. The smallest absolute Gasteiger partial charge is 0.240 e. The van der Waals surface area contributed by atoms with Crippen LogP contribution in [0.25, 0.3) is 0 Å². The van der Waals surface area contributed by atoms with Crippen LogP contribution in [0, 0.1) is 13.8 Å². The molecule has 1 atom stereocenters. The number of rotatable bonds is 2. The molecule has 0 saturated carbocycles. The van der Waals surface area contributed by atoms with Gasteiger partial charge in [0.05, 0.1) is 10.7 Å². The van der Waals surface area contributed by atoms with Crippen LogP contribution in [0.3, 0.4) is 0 Å². The molecule has 0 amide bonds. The summed E-state index contributed by atoms with van der Waals surface area (Å²) in [5.41, 5.74) is 0.791. The zero-order valence-corrected chi connectivity index (χ0v) is 9.49. The van der Waals surface area contributed by atoms with Gasteiger partial charge in [-0.05, 0) is 13.8 Å². The first-order valence-electron chi connectivity index (χ1n) is 4.59. The van der Waals surface area contributed by atoms with Crippen LogP contribution < -0.4 is 0 Å². The third kappa shape index (κ3) is 1.87. The average molecular weight is 227 g/mol. The molecule has 0 fully saturated rings. The van der Waals surface area contributed by atoms with E-state index in [1.807, 2.05) is 13.8 Å². The quantitative estimate of drug-likeness (QED) is 0.787. The number of hydrogen-bond acceptors (Lipinski definition) is 4. The van der Waals surface area contributed by atoms with Crippen LogP contribution in [0.2, 0.25) is 5.02 Å². The van der Waals surface area contributed by atoms with Crippen molar-refractivity contribution in [2.45, 2.75) is 26.8 Å². The highest BCUT2D eigenvalue weighted by Gasteiger charge is 2.16. The van der Waals surface area contributed by atoms with E-state index in [0.717, 1.165) is 5.69 Å². The van der Waals surface area contributed by atoms with Gasteiger partial charge in [-0.1, -0.05) is 11.6 Å². The molecule has 0 saturated heterocycles. The van der Waals surface area contributed by atoms with E-state index >= 15 is 0 Å². The Hall–Kier alpha value is -1.36. The lowest BCUT2D eigenvalue weighted by Gasteiger charge is -2.06. The van der Waals surface area contributed by atoms with Gasteiger partial charge in [0, 0.05) is 13.1 Å². The fourth-order valence-corrected chi connectivity index (χ4v) is 1.39. The Balaban J connectivity index is 2.31. The summed E-state index contributed by atoms with van der Waals surface area (Å²) in [6.07, 6.45) is 1.75. The molecular weight excluding hydrogens is 216 g/mol. The van der Waals surface area contributed by atoms with Crippen LogP contribution in [-0.2, 0) is 0 Å². The topological polar surface area (TPSA) is 56.7 Å². The van der Waals surface area contributed by atoms with Crippen molar-refractivity contribution in [2.24, 2.45) is 0 Å². The second kappa shape index (κ2) is 3.66. The van der Waals surface area contributed by atoms with Gasteiger partial charge in [0.15, 0.2) is 0 Å². The zero-order valence-electron chi connectivity index (χ0n) is 8.73. The van der Waals surface area contributed by atoms with Crippen LogP contribution >= 0.6 is 11.6 Å². The molecule has 5 nitrogen and oxygen atoms in total. The van der Waals surface area contributed by atoms with Gasteiger partial charge in [-0.3, -0.25) is 4.68 Å². The van der Waals surface area contributed by atoms with Gasteiger partial charge in [0.25, 0.3) is 0 Å². The minimum atomic E-state index is -0.0996. The van der Waals surface area contributed by atoms with Gasteiger partial charge < -0.3 is 4.42 Å². The van der Waals surface area contributed by atoms with Crippen LogP contribution in [0.4, 0.5) is 0 Å². The molecule has 0 aliphatic heterocycles. The molecule has 2 aromatic heterocycles. The van der Waals surface area contributed by atoms with Gasteiger partial charge in [0.1, 0.15) is 6.04 Å². The molecule has 1 unspecified atom stereocenters. The minimum Gasteiger partial charge on any atom is -0.423 e. The Morgan fingerprint density at radius 3 is 2.60 bits per heavy atom. The fourth-order valence-electron chi connectivity index (χ4n) is 1.25. The highest BCUT2D eigenvalue weighted by molar-refractivity contribution is 6.31. The summed E-state index contributed by atoms with van der Waals surface area (Å²) >= 11 is 5.92. The number of aryl methyl sites for hydroxylation is 2. The monoisotopic (exact) mass is 226 g/mol. The first kappa shape index (κ1) is 10.2. The first-order valence-corrected chi connectivity index (χ1v) is 4.97. The maximum Gasteiger partial charge on any atom is 0.240 e. The number of aromatic nitrogens is 4. The van der Waals surface area contributed by atoms with Crippen molar-refractivity contribution in [3.63, 3.8) is 0 Å². The SMILES string of the molecule is Cc1nnc(C(C)n2cc(Cl)c(C)n2)o1. The molecule has 0 spiro atoms. The highest BCUT2D eigenvalue weighted by Crippen LogP contribution is 2.20. The molecule has 0 aliphatic carbocycles. The number of hydrogen-bond donors (Lipinski definition) is 0. The third-order valence-electron chi connectivity index (χ3n) is 2.15. The molecule has 0 aromatic carbocycles. The van der Waals surface area contributed by atoms with E-state index < -0.39 is 0 Å². The Kier molecular flexibility index (Phi) is 2.48. The predicted molar refractivity (Wildman–Crippen MR) is 54.8 cm³/mol. The lowest BCUT2D eigenvalue weighted by atomic mass is 10.3. The summed E-state index contributed by atoms with van der Waals surface area (Å²) in [5, 5.41) is 12.6. The van der Waals surface area contributed by atoms with Gasteiger partial charge in [0.2, 0.25) is 11.8 Å². The molecular formula is C9H11ClN4O. The van der Waals surface area contributed by atoms with E-state index in [1.54, 1.807) is 17.8 Å². The standard InChI is InChI=1S/C9H11ClN4O/c1-5-8(10)4-14(13-5)6(2)9-12-11-7(3)15-9/h4,6H,1-3H3. The molecule has 15 heavy (non-hydrogen) atoms. The predicted octanol–water partition coefficient (Wildman–Crippen LogP) is 2.15. The molecule has 2 rings (SSSR count). The van der Waals surface area contributed by atoms with E-state index in [-0.39, 0.29) is 6.04 Å². The average Bonchev–Trinajstić information content (AvgIpc) is 2.74. The van der Waals surface area contributed by atoms with Crippen LogP contribution in [0.1, 0.15) is 30.4 Å². The molecule has 0 aliphatic rings. The van der Waals surface area contributed by atoms with Crippen LogP contribution in [0.15, 0.2) is 10.6 Å². The molecule has 2 heterocycles. The van der Waals surface area contributed by atoms with Crippen LogP contribution in [-0.4, -0.2) is 20.0 Å². The summed E-state index contributed by atoms with van der Waals surface area (Å²) in [6, 6.07) is -0.0996. The van der Waals surface area contributed by atoms with Crippen LogP contribution in [0.5, 0.6) is 0 Å². The summed E-state index contributed by atoms with van der Waals surface area (Å²) in [6.45, 7) is 5.53. The minimum absolute atomic E-state index is 0.0996. The van der Waals surface area contributed by atoms with Gasteiger partial charge in [-0.25, -0.2) is 0 Å². The second-order valence-corrected chi connectivity index (χ2v) is 3.78. The van der Waals surface area contributed by atoms with E-state index in [0.29, 0.717) is 16.8 Å². The fraction of sp³-hybridized carbons (Fsp3) is 0.444.